The van der Waals surface area contributed by atoms with Crippen molar-refractivity contribution in [2.24, 2.45) is 16.6 Å². The number of hydrogen-bond acceptors (Lipinski definition) is 3. The smallest absolute Gasteiger partial charge is 0.288 e. The zero-order valence-electron chi connectivity index (χ0n) is 9.54. The Labute approximate surface area is 98.0 Å². The Morgan fingerprint density at radius 2 is 2.29 bits per heavy atom. The molecule has 0 aromatic heterocycles. The molecular formula is C10H16F2N4O. The van der Waals surface area contributed by atoms with E-state index in [1.165, 1.54) is 7.05 Å². The highest BCUT2D eigenvalue weighted by Gasteiger charge is 2.50. The van der Waals surface area contributed by atoms with E-state index in [9.17, 15) is 13.6 Å². The summed E-state index contributed by atoms with van der Waals surface area (Å²) in [5.41, 5.74) is 4.77. The Morgan fingerprint density at radius 3 is 2.71 bits per heavy atom. The maximum atomic E-state index is 13.5. The molecular weight excluding hydrogens is 230 g/mol. The van der Waals surface area contributed by atoms with Gasteiger partial charge in [0.25, 0.3) is 5.92 Å². The molecule has 1 fully saturated rings. The van der Waals surface area contributed by atoms with Gasteiger partial charge in [-0.3, -0.25) is 9.79 Å². The van der Waals surface area contributed by atoms with Gasteiger partial charge in [-0.05, 0) is 12.8 Å². The highest BCUT2D eigenvalue weighted by Crippen LogP contribution is 2.44. The molecule has 1 rings (SSSR count). The molecule has 96 valence electrons. The average molecular weight is 246 g/mol. The van der Waals surface area contributed by atoms with Gasteiger partial charge in [-0.15, -0.1) is 0 Å². The predicted molar refractivity (Wildman–Crippen MR) is 60.5 cm³/mol. The van der Waals surface area contributed by atoms with Crippen LogP contribution in [0.3, 0.4) is 0 Å². The molecule has 4 N–H and O–H groups in total. The van der Waals surface area contributed by atoms with Crippen LogP contribution in [0.1, 0.15) is 19.3 Å². The molecule has 0 aromatic rings. The third-order valence-electron chi connectivity index (χ3n) is 2.79. The lowest BCUT2D eigenvalue weighted by atomic mass is 10.0. The lowest BCUT2D eigenvalue weighted by molar-refractivity contribution is -0.109. The summed E-state index contributed by atoms with van der Waals surface area (Å²) in [5.74, 6) is -3.79. The minimum atomic E-state index is -3.10. The van der Waals surface area contributed by atoms with Crippen molar-refractivity contribution in [2.75, 3.05) is 7.05 Å². The summed E-state index contributed by atoms with van der Waals surface area (Å²) in [4.78, 5) is 14.0. The van der Waals surface area contributed by atoms with Crippen LogP contribution in [0.2, 0.25) is 0 Å². The van der Waals surface area contributed by atoms with E-state index in [-0.39, 0.29) is 12.3 Å². The summed E-state index contributed by atoms with van der Waals surface area (Å²) < 4.78 is 27.1. The highest BCUT2D eigenvalue weighted by molar-refractivity contribution is 5.96. The molecule has 1 amide bonds. The first-order chi connectivity index (χ1) is 7.93. The van der Waals surface area contributed by atoms with Crippen LogP contribution in [-0.2, 0) is 4.79 Å². The summed E-state index contributed by atoms with van der Waals surface area (Å²) >= 11 is 0. The second kappa shape index (κ2) is 5.20. The number of aliphatic imine (C=N–C) groups is 1. The van der Waals surface area contributed by atoms with Crippen LogP contribution in [0.25, 0.3) is 0 Å². The van der Waals surface area contributed by atoms with E-state index >= 15 is 0 Å². The van der Waals surface area contributed by atoms with E-state index in [1.807, 2.05) is 0 Å². The standard InChI is InChI=1S/C10H16F2N4O/c1-15-9(14)7(16-5-17)4-8(13)10(11,12)6-2-3-6/h5-7,13H,2-4H2,1H3,(H2,14,15)(H,16,17). The van der Waals surface area contributed by atoms with Crippen LogP contribution in [0, 0.1) is 11.3 Å². The molecule has 5 nitrogen and oxygen atoms in total. The zero-order valence-corrected chi connectivity index (χ0v) is 9.54. The van der Waals surface area contributed by atoms with E-state index in [1.54, 1.807) is 0 Å². The number of hydrogen-bond donors (Lipinski definition) is 3. The number of rotatable bonds is 7. The van der Waals surface area contributed by atoms with Crippen LogP contribution in [0.4, 0.5) is 8.78 Å². The van der Waals surface area contributed by atoms with Crippen LogP contribution in [0.5, 0.6) is 0 Å². The molecule has 0 radical (unpaired) electrons. The van der Waals surface area contributed by atoms with Crippen molar-refractivity contribution in [1.82, 2.24) is 5.32 Å². The summed E-state index contributed by atoms with van der Waals surface area (Å²) in [7, 11) is 1.40. The van der Waals surface area contributed by atoms with Crippen molar-refractivity contribution in [3.05, 3.63) is 0 Å². The quantitative estimate of drug-likeness (QED) is 0.347. The fraction of sp³-hybridized carbons (Fsp3) is 0.700. The second-order valence-electron chi connectivity index (χ2n) is 4.07. The van der Waals surface area contributed by atoms with Gasteiger partial charge in [-0.1, -0.05) is 0 Å². The molecule has 0 aliphatic heterocycles. The van der Waals surface area contributed by atoms with Gasteiger partial charge in [0.15, 0.2) is 0 Å². The highest BCUT2D eigenvalue weighted by atomic mass is 19.3. The molecule has 0 spiro atoms. The number of halogens is 2. The zero-order chi connectivity index (χ0) is 13.1. The number of nitrogens with one attached hydrogen (secondary N) is 2. The summed E-state index contributed by atoms with van der Waals surface area (Å²) in [6.07, 6.45) is 0.938. The van der Waals surface area contributed by atoms with Gasteiger partial charge in [-0.25, -0.2) is 0 Å². The number of nitrogens with zero attached hydrogens (tertiary/aromatic N) is 1. The van der Waals surface area contributed by atoms with Gasteiger partial charge in [0, 0.05) is 19.4 Å². The molecule has 0 aromatic carbocycles. The number of alkyl halides is 2. The first kappa shape index (κ1) is 13.5. The fourth-order valence-electron chi connectivity index (χ4n) is 1.52. The molecule has 0 heterocycles. The topological polar surface area (TPSA) is 91.3 Å². The molecule has 1 atom stereocenters. The van der Waals surface area contributed by atoms with Crippen molar-refractivity contribution in [1.29, 1.82) is 5.41 Å². The summed E-state index contributed by atoms with van der Waals surface area (Å²) in [6, 6.07) is -0.838. The third-order valence-corrected chi connectivity index (χ3v) is 2.79. The maximum absolute atomic E-state index is 13.5. The Balaban J connectivity index is 2.66. The number of carbonyl (C=O) groups excluding carboxylic acids is 1. The predicted octanol–water partition coefficient (Wildman–Crippen LogP) is 0.543. The normalized spacial score (nSPS) is 18.6. The van der Waals surface area contributed by atoms with Crippen molar-refractivity contribution < 1.29 is 13.6 Å². The maximum Gasteiger partial charge on any atom is 0.288 e. The molecule has 1 aliphatic carbocycles. The van der Waals surface area contributed by atoms with Crippen LogP contribution < -0.4 is 11.1 Å². The third kappa shape index (κ3) is 3.21. The Kier molecular flexibility index (Phi) is 4.14. The Bertz CT molecular complexity index is 339. The lowest BCUT2D eigenvalue weighted by Crippen LogP contribution is -2.45. The van der Waals surface area contributed by atoms with Crippen molar-refractivity contribution in [3.8, 4) is 0 Å². The van der Waals surface area contributed by atoms with E-state index in [2.05, 4.69) is 10.3 Å². The molecule has 1 aliphatic rings. The first-order valence-corrected chi connectivity index (χ1v) is 5.31. The summed E-state index contributed by atoms with van der Waals surface area (Å²) in [6.45, 7) is 0. The van der Waals surface area contributed by atoms with E-state index in [0.717, 1.165) is 0 Å². The van der Waals surface area contributed by atoms with Gasteiger partial charge in [-0.2, -0.15) is 8.78 Å². The molecule has 17 heavy (non-hydrogen) atoms. The van der Waals surface area contributed by atoms with Crippen molar-refractivity contribution >= 4 is 18.0 Å². The Morgan fingerprint density at radius 1 is 1.71 bits per heavy atom. The van der Waals surface area contributed by atoms with Crippen LogP contribution in [-0.4, -0.2) is 37.0 Å². The van der Waals surface area contributed by atoms with Crippen LogP contribution in [0.15, 0.2) is 4.99 Å². The van der Waals surface area contributed by atoms with E-state index in [4.69, 9.17) is 11.1 Å². The largest absolute Gasteiger partial charge is 0.386 e. The minimum Gasteiger partial charge on any atom is -0.386 e. The average Bonchev–Trinajstić information content (AvgIpc) is 3.11. The molecule has 0 bridgehead atoms. The van der Waals surface area contributed by atoms with Crippen LogP contribution >= 0.6 is 0 Å². The number of amidine groups is 1. The number of nitrogens with two attached hydrogens (primary N) is 1. The van der Waals surface area contributed by atoms with E-state index in [0.29, 0.717) is 19.3 Å². The van der Waals surface area contributed by atoms with Crippen molar-refractivity contribution in [2.45, 2.75) is 31.2 Å². The van der Waals surface area contributed by atoms with Gasteiger partial charge < -0.3 is 16.5 Å². The van der Waals surface area contributed by atoms with E-state index < -0.39 is 23.6 Å². The van der Waals surface area contributed by atoms with Crippen molar-refractivity contribution in [3.63, 3.8) is 0 Å². The van der Waals surface area contributed by atoms with Gasteiger partial charge in [0.2, 0.25) is 6.41 Å². The lowest BCUT2D eigenvalue weighted by Gasteiger charge is -2.21. The number of carbonyl (C=O) groups is 1. The molecule has 1 saturated carbocycles. The number of amides is 1. The Hall–Kier alpha value is -1.53. The second-order valence-corrected chi connectivity index (χ2v) is 4.07. The first-order valence-electron chi connectivity index (χ1n) is 5.31. The minimum absolute atomic E-state index is 0.0356. The molecule has 0 saturated heterocycles. The van der Waals surface area contributed by atoms with Gasteiger partial charge in [0.1, 0.15) is 5.84 Å². The van der Waals surface area contributed by atoms with Gasteiger partial charge >= 0.3 is 0 Å². The summed E-state index contributed by atoms with van der Waals surface area (Å²) in [5, 5.41) is 9.71. The fourth-order valence-corrected chi connectivity index (χ4v) is 1.52. The SMILES string of the molecule is CN=C(N)C(CC(=N)C(F)(F)C1CC1)NC=O. The monoisotopic (exact) mass is 246 g/mol. The molecule has 7 heteroatoms. The molecule has 1 unspecified atom stereocenters. The van der Waals surface area contributed by atoms with Gasteiger partial charge in [0.05, 0.1) is 11.8 Å².